The molecule has 0 atom stereocenters. The topological polar surface area (TPSA) is 81.8 Å². The number of amides is 1. The van der Waals surface area contributed by atoms with Gasteiger partial charge in [0.1, 0.15) is 5.82 Å². The van der Waals surface area contributed by atoms with Gasteiger partial charge in [0.2, 0.25) is 10.0 Å². The van der Waals surface area contributed by atoms with E-state index >= 15 is 0 Å². The molecule has 2 N–H and O–H groups in total. The Morgan fingerprint density at radius 3 is 2.32 bits per heavy atom. The molecule has 4 rings (SSSR count). The van der Waals surface area contributed by atoms with Gasteiger partial charge in [0, 0.05) is 24.3 Å². The van der Waals surface area contributed by atoms with Crippen molar-refractivity contribution in [1.82, 2.24) is 4.90 Å². The van der Waals surface area contributed by atoms with Crippen molar-refractivity contribution in [1.29, 1.82) is 0 Å². The third kappa shape index (κ3) is 6.00. The van der Waals surface area contributed by atoms with Gasteiger partial charge in [-0.1, -0.05) is 37.3 Å². The number of nitrogens with zero attached hydrogens (tertiary/aromatic N) is 2. The number of anilines is 3. The number of fused-ring (bicyclic) bond motifs is 1. The maximum atomic E-state index is 13.8. The van der Waals surface area contributed by atoms with Crippen LogP contribution in [-0.2, 0) is 14.8 Å². The quantitative estimate of drug-likeness (QED) is 0.372. The van der Waals surface area contributed by atoms with Crippen molar-refractivity contribution in [3.63, 3.8) is 0 Å². The summed E-state index contributed by atoms with van der Waals surface area (Å²) in [5.41, 5.74) is 4.04. The fourth-order valence-electron chi connectivity index (χ4n) is 4.22. The lowest BCUT2D eigenvalue weighted by Gasteiger charge is -2.26. The lowest BCUT2D eigenvalue weighted by Crippen LogP contribution is -2.38. The van der Waals surface area contributed by atoms with Crippen LogP contribution in [-0.4, -0.2) is 52.2 Å². The minimum absolute atomic E-state index is 0.0692. The molecule has 3 aromatic carbocycles. The molecule has 0 saturated heterocycles. The van der Waals surface area contributed by atoms with E-state index in [0.29, 0.717) is 53.4 Å². The average Bonchev–Trinajstić information content (AvgIpc) is 3.18. The van der Waals surface area contributed by atoms with Gasteiger partial charge in [-0.25, -0.2) is 12.8 Å². The number of hydrogen-bond donors (Lipinski definition) is 2. The Kier molecular flexibility index (Phi) is 7.94. The van der Waals surface area contributed by atoms with Gasteiger partial charge in [-0.05, 0) is 68.5 Å². The summed E-state index contributed by atoms with van der Waals surface area (Å²) in [7, 11) is 0.345. The maximum Gasteiger partial charge on any atom is 0.258 e. The van der Waals surface area contributed by atoms with Crippen LogP contribution in [0.25, 0.3) is 11.3 Å². The van der Waals surface area contributed by atoms with Crippen LogP contribution in [0.2, 0.25) is 0 Å². The molecule has 0 aliphatic carbocycles. The molecule has 1 amide bonds. The number of carbonyl (C=O) groups is 1. The van der Waals surface area contributed by atoms with E-state index in [4.69, 9.17) is 0 Å². The van der Waals surface area contributed by atoms with Crippen LogP contribution in [0.3, 0.4) is 0 Å². The van der Waals surface area contributed by atoms with Gasteiger partial charge in [-0.3, -0.25) is 9.10 Å². The summed E-state index contributed by atoms with van der Waals surface area (Å²) in [6.07, 6.45) is 0.530. The Hall–Kier alpha value is -3.69. The number of hydrogen-bond acceptors (Lipinski definition) is 5. The first-order valence-electron chi connectivity index (χ1n) is 12.1. The first-order chi connectivity index (χ1) is 17.7. The average molecular weight is 523 g/mol. The molecule has 9 heteroatoms. The zero-order valence-corrected chi connectivity index (χ0v) is 22.0. The predicted octanol–water partition coefficient (Wildman–Crippen LogP) is 4.87. The van der Waals surface area contributed by atoms with Crippen molar-refractivity contribution in [2.24, 2.45) is 0 Å². The third-order valence-corrected chi connectivity index (χ3v) is 8.00. The highest BCUT2D eigenvalue weighted by molar-refractivity contribution is 7.92. The molecule has 0 spiro atoms. The van der Waals surface area contributed by atoms with E-state index in [1.165, 1.54) is 16.4 Å². The number of rotatable bonds is 10. The summed E-state index contributed by atoms with van der Waals surface area (Å²) in [5.74, 6) is -0.689. The summed E-state index contributed by atoms with van der Waals surface area (Å²) in [5, 5.41) is 6.10. The number of nitrogens with one attached hydrogen (secondary N) is 2. The highest BCUT2D eigenvalue weighted by Crippen LogP contribution is 2.38. The molecule has 1 aliphatic heterocycles. The molecule has 0 aromatic heterocycles. The van der Waals surface area contributed by atoms with Crippen LogP contribution in [0, 0.1) is 5.82 Å². The molecule has 7 nitrogen and oxygen atoms in total. The first-order valence-corrected chi connectivity index (χ1v) is 13.7. The molecule has 0 fully saturated rings. The molecule has 1 aliphatic rings. The van der Waals surface area contributed by atoms with E-state index in [-0.39, 0.29) is 11.7 Å². The van der Waals surface area contributed by atoms with E-state index in [1.54, 1.807) is 30.3 Å². The van der Waals surface area contributed by atoms with Crippen LogP contribution in [0.5, 0.6) is 0 Å². The Labute approximate surface area is 217 Å². The van der Waals surface area contributed by atoms with E-state index < -0.39 is 15.8 Å². The standard InChI is InChI=1S/C28H31FN4O3S/c1-4-18-37(35,36)33(17-16-32(2)3)23-13-11-22(12-14-23)30-27(20-8-6-5-7-9-20)26-24-15-10-21(29)19-25(24)31-28(26)34/h5-15,19,30H,4,16-18H2,1-3H3,(H,31,34). The van der Waals surface area contributed by atoms with Gasteiger partial charge in [-0.2, -0.15) is 0 Å². The van der Waals surface area contributed by atoms with Gasteiger partial charge in [0.05, 0.1) is 28.4 Å². The second-order valence-electron chi connectivity index (χ2n) is 9.12. The summed E-state index contributed by atoms with van der Waals surface area (Å²) < 4.78 is 41.2. The number of likely N-dealkylation sites (N-methyl/N-ethyl adjacent to an activating group) is 1. The minimum Gasteiger partial charge on any atom is -0.354 e. The van der Waals surface area contributed by atoms with Crippen LogP contribution in [0.1, 0.15) is 24.5 Å². The van der Waals surface area contributed by atoms with E-state index in [2.05, 4.69) is 10.6 Å². The predicted molar refractivity (Wildman–Crippen MR) is 148 cm³/mol. The maximum absolute atomic E-state index is 13.8. The van der Waals surface area contributed by atoms with Gasteiger partial charge in [0.25, 0.3) is 5.91 Å². The largest absolute Gasteiger partial charge is 0.354 e. The van der Waals surface area contributed by atoms with Gasteiger partial charge < -0.3 is 15.5 Å². The van der Waals surface area contributed by atoms with Crippen molar-refractivity contribution in [3.8, 4) is 0 Å². The van der Waals surface area contributed by atoms with Gasteiger partial charge in [-0.15, -0.1) is 0 Å². The summed E-state index contributed by atoms with van der Waals surface area (Å²) >= 11 is 0. The molecule has 194 valence electrons. The number of carbonyl (C=O) groups excluding carboxylic acids is 1. The number of halogens is 1. The molecule has 37 heavy (non-hydrogen) atoms. The zero-order valence-electron chi connectivity index (χ0n) is 21.2. The van der Waals surface area contributed by atoms with Crippen molar-refractivity contribution in [2.45, 2.75) is 13.3 Å². The molecular weight excluding hydrogens is 491 g/mol. The summed E-state index contributed by atoms with van der Waals surface area (Å²) in [4.78, 5) is 14.9. The van der Waals surface area contributed by atoms with Crippen molar-refractivity contribution in [2.75, 3.05) is 47.9 Å². The van der Waals surface area contributed by atoms with Crippen LogP contribution in [0.15, 0.2) is 72.8 Å². The lowest BCUT2D eigenvalue weighted by atomic mass is 10.00. The molecule has 0 unspecified atom stereocenters. The number of benzene rings is 3. The molecule has 0 radical (unpaired) electrons. The minimum atomic E-state index is -3.46. The highest BCUT2D eigenvalue weighted by Gasteiger charge is 2.29. The van der Waals surface area contributed by atoms with Gasteiger partial charge in [0.15, 0.2) is 0 Å². The number of sulfonamides is 1. The summed E-state index contributed by atoms with van der Waals surface area (Å²) in [6, 6.07) is 20.7. The van der Waals surface area contributed by atoms with Crippen molar-refractivity contribution < 1.29 is 17.6 Å². The molecule has 0 saturated carbocycles. The monoisotopic (exact) mass is 522 g/mol. The van der Waals surface area contributed by atoms with Crippen LogP contribution in [0.4, 0.5) is 21.5 Å². The smallest absolute Gasteiger partial charge is 0.258 e. The fourth-order valence-corrected chi connectivity index (χ4v) is 5.76. The Morgan fingerprint density at radius 1 is 0.973 bits per heavy atom. The first kappa shape index (κ1) is 26.4. The lowest BCUT2D eigenvalue weighted by molar-refractivity contribution is -0.110. The molecule has 0 bridgehead atoms. The normalized spacial score (nSPS) is 14.4. The van der Waals surface area contributed by atoms with E-state index in [9.17, 15) is 17.6 Å². The van der Waals surface area contributed by atoms with Crippen molar-refractivity contribution in [3.05, 3.63) is 89.7 Å². The van der Waals surface area contributed by atoms with Crippen LogP contribution < -0.4 is 14.9 Å². The van der Waals surface area contributed by atoms with Gasteiger partial charge >= 0.3 is 0 Å². The Morgan fingerprint density at radius 2 is 1.68 bits per heavy atom. The van der Waals surface area contributed by atoms with Crippen molar-refractivity contribution >= 4 is 44.3 Å². The Balaban J connectivity index is 1.72. The fraction of sp³-hybridized carbons (Fsp3) is 0.250. The third-order valence-electron chi connectivity index (χ3n) is 6.01. The Bertz CT molecular complexity index is 1410. The zero-order chi connectivity index (χ0) is 26.6. The second-order valence-corrected chi connectivity index (χ2v) is 11.1. The molecule has 3 aromatic rings. The SMILES string of the molecule is CCCS(=O)(=O)N(CCN(C)C)c1ccc(NC(=C2C(=O)Nc3cc(F)ccc32)c2ccccc2)cc1. The molecular formula is C28H31FN4O3S. The second kappa shape index (κ2) is 11.1. The highest BCUT2D eigenvalue weighted by atomic mass is 32.2. The van der Waals surface area contributed by atoms with Crippen LogP contribution >= 0.6 is 0 Å². The van der Waals surface area contributed by atoms with E-state index in [0.717, 1.165) is 5.56 Å². The molecule has 1 heterocycles. The summed E-state index contributed by atoms with van der Waals surface area (Å²) in [6.45, 7) is 2.77. The van der Waals surface area contributed by atoms with E-state index in [1.807, 2.05) is 56.3 Å².